The van der Waals surface area contributed by atoms with Crippen molar-refractivity contribution in [2.24, 2.45) is 0 Å². The monoisotopic (exact) mass is 1200 g/mol. The van der Waals surface area contributed by atoms with Gasteiger partial charge in [-0.25, -0.2) is 9.44 Å². The number of carbonyl (C=O) groups excluding carboxylic acids is 2. The molecule has 4 aromatic rings. The van der Waals surface area contributed by atoms with E-state index in [2.05, 4.69) is 65.8 Å². The van der Waals surface area contributed by atoms with Crippen LogP contribution < -0.4 is 28.4 Å². The van der Waals surface area contributed by atoms with Crippen molar-refractivity contribution in [1.82, 2.24) is 9.44 Å². The lowest BCUT2D eigenvalue weighted by Crippen LogP contribution is -2.40. The van der Waals surface area contributed by atoms with Crippen LogP contribution in [-0.2, 0) is 86.5 Å². The first-order valence-electron chi connectivity index (χ1n) is 27.3. The van der Waals surface area contributed by atoms with Crippen molar-refractivity contribution >= 4 is 31.9 Å². The number of halogens is 6. The largest absolute Gasteiger partial charge is 0.516 e. The van der Waals surface area contributed by atoms with E-state index in [0.29, 0.717) is 51.7 Å². The summed E-state index contributed by atoms with van der Waals surface area (Å²) in [4.78, 5) is 25.5. The summed E-state index contributed by atoms with van der Waals surface area (Å²) in [7, 11) is -11.9. The molecule has 0 radical (unpaired) electrons. The minimum absolute atomic E-state index is 0.0923. The zero-order valence-electron chi connectivity index (χ0n) is 48.9. The van der Waals surface area contributed by atoms with Crippen LogP contribution in [0.3, 0.4) is 0 Å². The fourth-order valence-electron chi connectivity index (χ4n) is 9.42. The average molecular weight is 1200 g/mol. The van der Waals surface area contributed by atoms with Crippen molar-refractivity contribution in [1.29, 1.82) is 0 Å². The molecule has 1 heterocycles. The first kappa shape index (κ1) is 65.6. The Morgan fingerprint density at radius 1 is 0.427 bits per heavy atom. The van der Waals surface area contributed by atoms with Crippen LogP contribution in [0.1, 0.15) is 176 Å². The number of rotatable bonds is 12. The molecule has 4 aromatic carbocycles. The second-order valence-electron chi connectivity index (χ2n) is 25.0. The van der Waals surface area contributed by atoms with Crippen LogP contribution in [0.2, 0.25) is 0 Å². The number of nitrogens with one attached hydrogen (secondary N) is 2. The molecule has 0 atom stereocenters. The third-order valence-electron chi connectivity index (χ3n) is 14.0. The van der Waals surface area contributed by atoms with E-state index in [1.165, 1.54) is 0 Å². The molecule has 22 heteroatoms. The van der Waals surface area contributed by atoms with Crippen molar-refractivity contribution in [2.45, 2.75) is 167 Å². The summed E-state index contributed by atoms with van der Waals surface area (Å²) in [5.41, 5.74) is -3.50. The van der Waals surface area contributed by atoms with Gasteiger partial charge in [-0.1, -0.05) is 132 Å². The number of benzene rings is 4. The molecule has 2 N–H and O–H groups in total. The molecule has 0 unspecified atom stereocenters. The molecule has 0 spiro atoms. The summed E-state index contributed by atoms with van der Waals surface area (Å²) in [5, 5.41) is 0. The minimum Gasteiger partial charge on any atom is -0.493 e. The van der Waals surface area contributed by atoms with Gasteiger partial charge >= 0.3 is 31.1 Å². The van der Waals surface area contributed by atoms with Gasteiger partial charge < -0.3 is 28.4 Å². The first-order chi connectivity index (χ1) is 37.7. The Hall–Kier alpha value is -5.58. The van der Waals surface area contributed by atoms with Crippen molar-refractivity contribution < 1.29 is 81.2 Å². The van der Waals surface area contributed by atoms with Crippen LogP contribution in [0.15, 0.2) is 48.5 Å². The van der Waals surface area contributed by atoms with Gasteiger partial charge in [0.15, 0.2) is 0 Å². The van der Waals surface area contributed by atoms with Gasteiger partial charge in [-0.05, 0) is 101 Å². The van der Waals surface area contributed by atoms with E-state index in [4.69, 9.17) is 28.4 Å². The topological polar surface area (TPSA) is 182 Å². The minimum atomic E-state index is -5.97. The van der Waals surface area contributed by atoms with Crippen LogP contribution >= 0.6 is 0 Å². The number of hydrogen-bond donors (Lipinski definition) is 2. The molecule has 2 amide bonds. The van der Waals surface area contributed by atoms with Crippen molar-refractivity contribution in [3.63, 3.8) is 0 Å². The molecule has 454 valence electrons. The van der Waals surface area contributed by atoms with E-state index in [1.54, 1.807) is 0 Å². The lowest BCUT2D eigenvalue weighted by atomic mass is 9.79. The maximum atomic E-state index is 13.3. The Morgan fingerprint density at radius 2 is 0.671 bits per heavy atom. The lowest BCUT2D eigenvalue weighted by molar-refractivity contribution is -0.121. The van der Waals surface area contributed by atoms with Gasteiger partial charge in [0, 0.05) is 38.5 Å². The van der Waals surface area contributed by atoms with Crippen molar-refractivity contribution in [3.8, 4) is 23.0 Å². The highest BCUT2D eigenvalue weighted by Gasteiger charge is 2.48. The zero-order valence-corrected chi connectivity index (χ0v) is 50.5. The SMILES string of the molecule is CC(C)(C)c1cc2c(OCCCC(=O)NS(=O)(=O)C(F)(F)F)c(c1)Cc1cc(C(C)(C)C)cc3c1OCCOCCOCCOc1c(cc(C(C)(C)C)cc1C3)Cc1cc(C(C)(C)C)cc(c1OCCCC(=O)NS(=O)(=O)C(F)(F)F)C2. The number of amides is 2. The molecule has 1 aliphatic carbocycles. The fourth-order valence-corrected chi connectivity index (χ4v) is 10.5. The fraction of sp³-hybridized carbons (Fsp3) is 0.567. The molecule has 14 nitrogen and oxygen atoms in total. The highest BCUT2D eigenvalue weighted by molar-refractivity contribution is 7.91. The predicted octanol–water partition coefficient (Wildman–Crippen LogP) is 11.6. The number of hydrogen-bond acceptors (Lipinski definition) is 12. The summed E-state index contributed by atoms with van der Waals surface area (Å²) in [6.45, 7) is 25.9. The molecule has 0 saturated heterocycles. The van der Waals surface area contributed by atoms with Crippen LogP contribution in [0.4, 0.5) is 26.3 Å². The summed E-state index contributed by atoms with van der Waals surface area (Å²) in [6.07, 6.45) is -0.843. The lowest BCUT2D eigenvalue weighted by Gasteiger charge is -2.29. The molecule has 0 fully saturated rings. The first-order valence-corrected chi connectivity index (χ1v) is 30.3. The quantitative estimate of drug-likeness (QED) is 0.0892. The number of sulfonamides is 2. The molecule has 2 aliphatic rings. The second kappa shape index (κ2) is 25.3. The Bertz CT molecular complexity index is 2990. The third-order valence-corrected chi connectivity index (χ3v) is 16.2. The Morgan fingerprint density at radius 3 is 0.939 bits per heavy atom. The van der Waals surface area contributed by atoms with Gasteiger partial charge in [-0.15, -0.1) is 0 Å². The molecule has 6 rings (SSSR count). The van der Waals surface area contributed by atoms with E-state index >= 15 is 0 Å². The molecular formula is C60H78F6N2O12S2. The van der Waals surface area contributed by atoms with E-state index in [9.17, 15) is 52.8 Å². The standard InChI is InChI=1S/C60H78F6N2O12S2/c1-55(2,3)45-29-37-25-38-30-46(56(4,5)6)32-40(52(38)78-18-14-16-50(70)68-82(73,74)60(64,65)66)27-42-34-48(58(10,11)12)36-44-28-43-35-47(57(7,8)9)33-41(53(43)79-23-21-75-19-20-76-22-24-80-54(42)44)26-39(31-45)51(37)77-17-13-15-49(69)67-81(71,72)59(61,62)63/h29-36H,13-28H2,1-12H3,(H,67,69)(H,68,70). The third kappa shape index (κ3) is 17.0. The number of alkyl halides is 6. The summed E-state index contributed by atoms with van der Waals surface area (Å²) >= 11 is 0. The average Bonchev–Trinajstić information content (AvgIpc) is 3.47. The number of carbonyl (C=O) groups is 2. The van der Waals surface area contributed by atoms with E-state index in [1.807, 2.05) is 65.8 Å². The van der Waals surface area contributed by atoms with Gasteiger partial charge in [-0.3, -0.25) is 9.59 Å². The number of fused-ring (bicyclic) bond motifs is 4. The Kier molecular flexibility index (Phi) is 20.3. The van der Waals surface area contributed by atoms with Crippen LogP contribution in [0, 0.1) is 0 Å². The number of ether oxygens (including phenoxy) is 6. The molecule has 10 bridgehead atoms. The maximum absolute atomic E-state index is 13.3. The van der Waals surface area contributed by atoms with Gasteiger partial charge in [0.1, 0.15) is 36.2 Å². The molecule has 0 saturated carbocycles. The maximum Gasteiger partial charge on any atom is 0.516 e. The summed E-state index contributed by atoms with van der Waals surface area (Å²) in [5.74, 6) is -0.798. The van der Waals surface area contributed by atoms with Crippen LogP contribution in [0.5, 0.6) is 23.0 Å². The predicted molar refractivity (Wildman–Crippen MR) is 300 cm³/mol. The van der Waals surface area contributed by atoms with Gasteiger partial charge in [0.05, 0.1) is 39.6 Å². The van der Waals surface area contributed by atoms with Crippen molar-refractivity contribution in [2.75, 3.05) is 52.9 Å². The van der Waals surface area contributed by atoms with Crippen LogP contribution in [0.25, 0.3) is 0 Å². The van der Waals surface area contributed by atoms with Gasteiger partial charge in [-0.2, -0.15) is 43.2 Å². The summed E-state index contributed by atoms with van der Waals surface area (Å²) in [6, 6.07) is 16.6. The Balaban J connectivity index is 1.68. The highest BCUT2D eigenvalue weighted by atomic mass is 32.2. The second-order valence-corrected chi connectivity index (χ2v) is 28.3. The molecular weight excluding hydrogens is 1120 g/mol. The van der Waals surface area contributed by atoms with E-state index < -0.39 is 66.5 Å². The Labute approximate surface area is 478 Å². The normalized spacial score (nSPS) is 15.4. The summed E-state index contributed by atoms with van der Waals surface area (Å²) < 4.78 is 168. The van der Waals surface area contributed by atoms with Gasteiger partial charge in [0.25, 0.3) is 0 Å². The highest BCUT2D eigenvalue weighted by Crippen LogP contribution is 2.45. The van der Waals surface area contributed by atoms with E-state index in [0.717, 1.165) is 54.0 Å². The zero-order chi connectivity index (χ0) is 61.0. The molecule has 82 heavy (non-hydrogen) atoms. The smallest absolute Gasteiger partial charge is 0.493 e. The van der Waals surface area contributed by atoms with Crippen molar-refractivity contribution in [3.05, 3.63) is 115 Å². The molecule has 0 aromatic heterocycles. The van der Waals surface area contributed by atoms with E-state index in [-0.39, 0.29) is 95.8 Å². The molecule has 1 aliphatic heterocycles. The van der Waals surface area contributed by atoms with Crippen LogP contribution in [-0.4, -0.2) is 92.5 Å². The van der Waals surface area contributed by atoms with Gasteiger partial charge in [0.2, 0.25) is 11.8 Å².